The topological polar surface area (TPSA) is 84.3 Å². The molecule has 0 bridgehead atoms. The smallest absolute Gasteiger partial charge is 0.335 e. The Bertz CT molecular complexity index is 946. The Balaban J connectivity index is 1.96. The molecule has 2 aromatic carbocycles. The molecule has 3 rings (SSSR count). The van der Waals surface area contributed by atoms with Gasteiger partial charge < -0.3 is 5.11 Å². The summed E-state index contributed by atoms with van der Waals surface area (Å²) < 4.78 is 0. The van der Waals surface area contributed by atoms with Crippen molar-refractivity contribution in [3.05, 3.63) is 77.5 Å². The van der Waals surface area contributed by atoms with E-state index < -0.39 is 17.5 Å². The monoisotopic (exact) mass is 305 g/mol. The summed E-state index contributed by atoms with van der Waals surface area (Å²) in [7, 11) is 0. The molecule has 0 aliphatic carbocycles. The number of fused-ring (bicyclic) bond motifs is 1. The number of rotatable bonds is 4. The van der Waals surface area contributed by atoms with E-state index in [4.69, 9.17) is 5.11 Å². The van der Waals surface area contributed by atoms with Crippen LogP contribution in [-0.4, -0.2) is 27.6 Å². The fourth-order valence-electron chi connectivity index (χ4n) is 2.23. The van der Waals surface area contributed by atoms with Crippen LogP contribution in [0.2, 0.25) is 0 Å². The first-order valence-electron chi connectivity index (χ1n) is 6.84. The van der Waals surface area contributed by atoms with Crippen molar-refractivity contribution in [1.29, 1.82) is 0 Å². The van der Waals surface area contributed by atoms with E-state index in [0.29, 0.717) is 5.52 Å². The van der Waals surface area contributed by atoms with E-state index in [2.05, 4.69) is 4.98 Å². The van der Waals surface area contributed by atoms with Gasteiger partial charge in [0, 0.05) is 10.9 Å². The molecule has 0 aliphatic heterocycles. The zero-order chi connectivity index (χ0) is 16.4. The van der Waals surface area contributed by atoms with Crippen molar-refractivity contribution in [2.45, 2.75) is 0 Å². The first-order chi connectivity index (χ1) is 11.1. The summed E-state index contributed by atoms with van der Waals surface area (Å²) in [6.45, 7) is 0. The number of aromatic nitrogens is 1. The van der Waals surface area contributed by atoms with E-state index in [9.17, 15) is 14.4 Å². The molecule has 0 fully saturated rings. The van der Waals surface area contributed by atoms with Gasteiger partial charge in [-0.1, -0.05) is 36.4 Å². The molecule has 23 heavy (non-hydrogen) atoms. The quantitative estimate of drug-likeness (QED) is 0.591. The van der Waals surface area contributed by atoms with Crippen molar-refractivity contribution in [2.75, 3.05) is 0 Å². The highest BCUT2D eigenvalue weighted by Gasteiger charge is 2.20. The number of carboxylic acid groups (broad SMARTS) is 1. The lowest BCUT2D eigenvalue weighted by Crippen LogP contribution is -2.16. The first-order valence-corrected chi connectivity index (χ1v) is 6.84. The van der Waals surface area contributed by atoms with E-state index in [-0.39, 0.29) is 16.8 Å². The first kappa shape index (κ1) is 14.6. The van der Waals surface area contributed by atoms with E-state index >= 15 is 0 Å². The zero-order valence-corrected chi connectivity index (χ0v) is 11.9. The van der Waals surface area contributed by atoms with Crippen LogP contribution in [0.3, 0.4) is 0 Å². The van der Waals surface area contributed by atoms with Crippen LogP contribution in [0.4, 0.5) is 0 Å². The highest BCUT2D eigenvalue weighted by Crippen LogP contribution is 2.14. The van der Waals surface area contributed by atoms with Gasteiger partial charge in [-0.15, -0.1) is 0 Å². The number of hydrogen-bond donors (Lipinski definition) is 1. The van der Waals surface area contributed by atoms with Gasteiger partial charge in [0.1, 0.15) is 5.69 Å². The summed E-state index contributed by atoms with van der Waals surface area (Å²) in [5.74, 6) is -2.70. The van der Waals surface area contributed by atoms with Crippen molar-refractivity contribution in [3.8, 4) is 0 Å². The molecule has 5 heteroatoms. The molecule has 3 aromatic rings. The minimum atomic E-state index is -1.16. The Morgan fingerprint density at radius 1 is 0.783 bits per heavy atom. The summed E-state index contributed by atoms with van der Waals surface area (Å²) in [6.07, 6.45) is 0. The van der Waals surface area contributed by atoms with Gasteiger partial charge in [-0.25, -0.2) is 9.78 Å². The third-order valence-electron chi connectivity index (χ3n) is 3.41. The Hall–Kier alpha value is -3.34. The van der Waals surface area contributed by atoms with Gasteiger partial charge in [0.05, 0.1) is 11.1 Å². The number of carbonyl (C=O) groups is 3. The molecule has 112 valence electrons. The summed E-state index contributed by atoms with van der Waals surface area (Å²) in [5.41, 5.74) is 0.639. The molecule has 0 spiro atoms. The maximum atomic E-state index is 12.3. The van der Waals surface area contributed by atoms with Gasteiger partial charge in [0.2, 0.25) is 5.78 Å². The number of Topliss-reactive ketones (excluding diaryl/α,β-unsaturated/α-hetero) is 2. The summed E-state index contributed by atoms with van der Waals surface area (Å²) >= 11 is 0. The van der Waals surface area contributed by atoms with Crippen LogP contribution in [0.1, 0.15) is 31.2 Å². The van der Waals surface area contributed by atoms with Crippen LogP contribution in [0, 0.1) is 0 Å². The predicted octanol–water partition coefficient (Wildman–Crippen LogP) is 3.00. The van der Waals surface area contributed by atoms with Gasteiger partial charge in [0.25, 0.3) is 5.78 Å². The third kappa shape index (κ3) is 2.85. The molecule has 0 amide bonds. The summed E-state index contributed by atoms with van der Waals surface area (Å²) in [5, 5.41) is 9.82. The second kappa shape index (κ2) is 5.81. The number of ketones is 2. The van der Waals surface area contributed by atoms with Gasteiger partial charge >= 0.3 is 5.97 Å². The largest absolute Gasteiger partial charge is 0.478 e. The molecular weight excluding hydrogens is 294 g/mol. The SMILES string of the molecule is O=C(O)c1cccc(C(=O)C(=O)c2ccc3ccccc3n2)c1. The van der Waals surface area contributed by atoms with Crippen molar-refractivity contribution in [3.63, 3.8) is 0 Å². The summed E-state index contributed by atoms with van der Waals surface area (Å²) in [6, 6.07) is 15.8. The number of pyridine rings is 1. The van der Waals surface area contributed by atoms with E-state index in [1.807, 2.05) is 12.1 Å². The Morgan fingerprint density at radius 3 is 2.30 bits per heavy atom. The number of nitrogens with zero attached hydrogens (tertiary/aromatic N) is 1. The van der Waals surface area contributed by atoms with E-state index in [1.54, 1.807) is 18.2 Å². The molecule has 1 N–H and O–H groups in total. The van der Waals surface area contributed by atoms with Crippen molar-refractivity contribution < 1.29 is 19.5 Å². The van der Waals surface area contributed by atoms with E-state index in [1.165, 1.54) is 30.3 Å². The number of carboxylic acids is 1. The molecule has 0 saturated heterocycles. The lowest BCUT2D eigenvalue weighted by atomic mass is 10.0. The molecule has 1 heterocycles. The average molecular weight is 305 g/mol. The molecule has 1 aromatic heterocycles. The highest BCUT2D eigenvalue weighted by atomic mass is 16.4. The van der Waals surface area contributed by atoms with Crippen LogP contribution >= 0.6 is 0 Å². The van der Waals surface area contributed by atoms with Crippen molar-refractivity contribution >= 4 is 28.4 Å². The Morgan fingerprint density at radius 2 is 1.52 bits per heavy atom. The maximum absolute atomic E-state index is 12.3. The fourth-order valence-corrected chi connectivity index (χ4v) is 2.23. The molecule has 0 aliphatic rings. The highest BCUT2D eigenvalue weighted by molar-refractivity contribution is 6.49. The average Bonchev–Trinajstić information content (AvgIpc) is 2.60. The fraction of sp³-hybridized carbons (Fsp3) is 0. The second-order valence-corrected chi connectivity index (χ2v) is 4.93. The molecule has 0 radical (unpaired) electrons. The third-order valence-corrected chi connectivity index (χ3v) is 3.41. The zero-order valence-electron chi connectivity index (χ0n) is 11.9. The van der Waals surface area contributed by atoms with Gasteiger partial charge in [-0.2, -0.15) is 0 Å². The van der Waals surface area contributed by atoms with Crippen molar-refractivity contribution in [1.82, 2.24) is 4.98 Å². The standard InChI is InChI=1S/C18H11NO4/c20-16(12-5-3-6-13(10-12)18(22)23)17(21)15-9-8-11-4-1-2-7-14(11)19-15/h1-10H,(H,22,23). The lowest BCUT2D eigenvalue weighted by molar-refractivity contribution is 0.0696. The van der Waals surface area contributed by atoms with Crippen LogP contribution < -0.4 is 0 Å². The number of aromatic carboxylic acids is 1. The van der Waals surface area contributed by atoms with Gasteiger partial charge in [-0.05, 0) is 24.3 Å². The molecule has 0 unspecified atom stereocenters. The number of hydrogen-bond acceptors (Lipinski definition) is 4. The van der Waals surface area contributed by atoms with Crippen LogP contribution in [0.25, 0.3) is 10.9 Å². The summed E-state index contributed by atoms with van der Waals surface area (Å²) in [4.78, 5) is 39.7. The van der Waals surface area contributed by atoms with Gasteiger partial charge in [-0.3, -0.25) is 9.59 Å². The minimum absolute atomic E-state index is 0.0323. The minimum Gasteiger partial charge on any atom is -0.478 e. The lowest BCUT2D eigenvalue weighted by Gasteiger charge is -2.03. The second-order valence-electron chi connectivity index (χ2n) is 4.93. The normalized spacial score (nSPS) is 10.4. The predicted molar refractivity (Wildman–Crippen MR) is 83.8 cm³/mol. The number of carbonyl (C=O) groups excluding carboxylic acids is 2. The molecule has 0 atom stereocenters. The van der Waals surface area contributed by atoms with Crippen molar-refractivity contribution in [2.24, 2.45) is 0 Å². The van der Waals surface area contributed by atoms with Crippen LogP contribution in [0.15, 0.2) is 60.7 Å². The number of benzene rings is 2. The molecular formula is C18H11NO4. The maximum Gasteiger partial charge on any atom is 0.335 e. The Labute approximate surface area is 131 Å². The molecule has 5 nitrogen and oxygen atoms in total. The Kier molecular flexibility index (Phi) is 3.68. The number of para-hydroxylation sites is 1. The van der Waals surface area contributed by atoms with E-state index in [0.717, 1.165) is 5.39 Å². The van der Waals surface area contributed by atoms with Crippen LogP contribution in [-0.2, 0) is 0 Å². The van der Waals surface area contributed by atoms with Gasteiger partial charge in [0.15, 0.2) is 0 Å². The molecule has 0 saturated carbocycles. The van der Waals surface area contributed by atoms with Crippen LogP contribution in [0.5, 0.6) is 0 Å².